The van der Waals surface area contributed by atoms with E-state index in [2.05, 4.69) is 20.1 Å². The molecular weight excluding hydrogens is 380 g/mol. The normalized spacial score (nSPS) is 18.5. The summed E-state index contributed by atoms with van der Waals surface area (Å²) in [4.78, 5) is 61.1. The molecule has 1 aromatic rings. The number of rotatable bonds is 4. The summed E-state index contributed by atoms with van der Waals surface area (Å²) in [5.41, 5.74) is 1.05. The Morgan fingerprint density at radius 3 is 2.21 bits per heavy atom. The van der Waals surface area contributed by atoms with Crippen molar-refractivity contribution in [1.29, 1.82) is 0 Å². The highest BCUT2D eigenvalue weighted by Gasteiger charge is 2.38. The zero-order valence-corrected chi connectivity index (χ0v) is 16.0. The van der Waals surface area contributed by atoms with E-state index in [-0.39, 0.29) is 34.9 Å². The van der Waals surface area contributed by atoms with Crippen LogP contribution in [0, 0.1) is 5.92 Å². The number of amides is 2. The second-order valence-electron chi connectivity index (χ2n) is 6.75. The number of hydrogen-bond donors (Lipinski definition) is 2. The third-order valence-corrected chi connectivity index (χ3v) is 4.84. The molecule has 1 unspecified atom stereocenters. The third-order valence-electron chi connectivity index (χ3n) is 4.84. The van der Waals surface area contributed by atoms with Gasteiger partial charge in [-0.3, -0.25) is 14.4 Å². The van der Waals surface area contributed by atoms with E-state index in [1.165, 1.54) is 32.4 Å². The smallest absolute Gasteiger partial charge is 0.337 e. The van der Waals surface area contributed by atoms with Crippen LogP contribution in [0.25, 0.3) is 0 Å². The van der Waals surface area contributed by atoms with Crippen molar-refractivity contribution in [2.24, 2.45) is 5.92 Å². The number of ketones is 1. The van der Waals surface area contributed by atoms with Crippen molar-refractivity contribution in [1.82, 2.24) is 5.32 Å². The molecule has 0 aromatic heterocycles. The average molecular weight is 400 g/mol. The van der Waals surface area contributed by atoms with Crippen molar-refractivity contribution in [3.05, 3.63) is 40.6 Å². The quantitative estimate of drug-likeness (QED) is 0.730. The summed E-state index contributed by atoms with van der Waals surface area (Å²) in [6, 6.07) is 3.97. The molecule has 1 aromatic carbocycles. The van der Waals surface area contributed by atoms with Gasteiger partial charge in [0.2, 0.25) is 11.8 Å². The second-order valence-corrected chi connectivity index (χ2v) is 6.75. The number of ether oxygens (including phenoxy) is 2. The van der Waals surface area contributed by atoms with Crippen LogP contribution in [-0.2, 0) is 23.9 Å². The Bertz CT molecular complexity index is 914. The summed E-state index contributed by atoms with van der Waals surface area (Å²) >= 11 is 0. The molecule has 1 aliphatic heterocycles. The van der Waals surface area contributed by atoms with Gasteiger partial charge in [-0.25, -0.2) is 9.59 Å². The molecule has 29 heavy (non-hydrogen) atoms. The molecule has 0 bridgehead atoms. The van der Waals surface area contributed by atoms with E-state index < -0.39 is 23.8 Å². The maximum absolute atomic E-state index is 12.9. The number of nitrogens with one attached hydrogen (secondary N) is 2. The third kappa shape index (κ3) is 4.18. The minimum absolute atomic E-state index is 0.0423. The van der Waals surface area contributed by atoms with Gasteiger partial charge in [0.05, 0.1) is 31.3 Å². The van der Waals surface area contributed by atoms with Crippen molar-refractivity contribution in [2.75, 3.05) is 19.5 Å². The SMILES string of the molecule is COC(=O)c1cc(NC(=O)C2CC(=O)NC3=C2C(=O)CCC3)cc(C(=O)OC)c1. The Hall–Kier alpha value is -3.49. The zero-order chi connectivity index (χ0) is 21.1. The molecule has 0 spiro atoms. The minimum atomic E-state index is -0.935. The molecule has 0 radical (unpaired) electrons. The lowest BCUT2D eigenvalue weighted by molar-refractivity contribution is -0.128. The van der Waals surface area contributed by atoms with Gasteiger partial charge in [-0.15, -0.1) is 0 Å². The first-order valence-corrected chi connectivity index (χ1v) is 9.02. The standard InChI is InChI=1S/C20H20N2O7/c1-28-19(26)10-6-11(20(27)29-2)8-12(7-10)21-18(25)13-9-16(24)22-14-4-3-5-15(23)17(13)14/h6-8,13H,3-5,9H2,1-2H3,(H,21,25)(H,22,24). The molecule has 0 saturated carbocycles. The molecule has 1 atom stereocenters. The summed E-state index contributed by atoms with van der Waals surface area (Å²) < 4.78 is 9.34. The summed E-state index contributed by atoms with van der Waals surface area (Å²) in [5.74, 6) is -3.40. The molecule has 152 valence electrons. The van der Waals surface area contributed by atoms with Crippen LogP contribution in [0.4, 0.5) is 5.69 Å². The van der Waals surface area contributed by atoms with Crippen molar-refractivity contribution in [3.63, 3.8) is 0 Å². The van der Waals surface area contributed by atoms with Gasteiger partial charge < -0.3 is 20.1 Å². The minimum Gasteiger partial charge on any atom is -0.465 e. The van der Waals surface area contributed by atoms with Crippen molar-refractivity contribution < 1.29 is 33.4 Å². The van der Waals surface area contributed by atoms with Crippen LogP contribution >= 0.6 is 0 Å². The number of Topliss-reactive ketones (excluding diaryl/α,β-unsaturated/α-hetero) is 1. The Kier molecular flexibility index (Phi) is 5.76. The van der Waals surface area contributed by atoms with Crippen LogP contribution in [0.15, 0.2) is 29.5 Å². The first kappa shape index (κ1) is 20.2. The molecule has 2 amide bonds. The van der Waals surface area contributed by atoms with Crippen LogP contribution in [-0.4, -0.2) is 43.8 Å². The molecule has 2 aliphatic rings. The molecule has 3 rings (SSSR count). The maximum atomic E-state index is 12.9. The molecule has 0 saturated heterocycles. The maximum Gasteiger partial charge on any atom is 0.337 e. The summed E-state index contributed by atoms with van der Waals surface area (Å²) in [5, 5.41) is 5.28. The van der Waals surface area contributed by atoms with Gasteiger partial charge >= 0.3 is 11.9 Å². The molecular formula is C20H20N2O7. The van der Waals surface area contributed by atoms with E-state index >= 15 is 0 Å². The highest BCUT2D eigenvalue weighted by molar-refractivity contribution is 6.09. The van der Waals surface area contributed by atoms with Crippen molar-refractivity contribution in [3.8, 4) is 0 Å². The van der Waals surface area contributed by atoms with E-state index in [0.717, 1.165) is 0 Å². The average Bonchev–Trinajstić information content (AvgIpc) is 2.71. The second kappa shape index (κ2) is 8.26. The number of carbonyl (C=O) groups excluding carboxylic acids is 5. The fourth-order valence-corrected chi connectivity index (χ4v) is 3.53. The lowest BCUT2D eigenvalue weighted by atomic mass is 9.81. The van der Waals surface area contributed by atoms with Crippen LogP contribution < -0.4 is 10.6 Å². The topological polar surface area (TPSA) is 128 Å². The Balaban J connectivity index is 1.93. The molecule has 0 fully saturated rings. The summed E-state index contributed by atoms with van der Waals surface area (Å²) in [6.45, 7) is 0. The van der Waals surface area contributed by atoms with Crippen LogP contribution in [0.1, 0.15) is 46.4 Å². The molecule has 1 aliphatic carbocycles. The number of benzene rings is 1. The molecule has 1 heterocycles. The lowest BCUT2D eigenvalue weighted by Gasteiger charge is -2.30. The predicted octanol–water partition coefficient (Wildman–Crippen LogP) is 1.34. The number of carbonyl (C=O) groups is 5. The van der Waals surface area contributed by atoms with E-state index in [1.54, 1.807) is 0 Å². The van der Waals surface area contributed by atoms with E-state index in [9.17, 15) is 24.0 Å². The van der Waals surface area contributed by atoms with Gasteiger partial charge in [0.25, 0.3) is 0 Å². The largest absolute Gasteiger partial charge is 0.465 e. The molecule has 9 nitrogen and oxygen atoms in total. The Morgan fingerprint density at radius 2 is 1.62 bits per heavy atom. The number of methoxy groups -OCH3 is 2. The van der Waals surface area contributed by atoms with Gasteiger partial charge in [-0.2, -0.15) is 0 Å². The summed E-state index contributed by atoms with van der Waals surface area (Å²) in [7, 11) is 2.38. The highest BCUT2D eigenvalue weighted by Crippen LogP contribution is 2.32. The van der Waals surface area contributed by atoms with Gasteiger partial charge in [0.15, 0.2) is 5.78 Å². The van der Waals surface area contributed by atoms with E-state index in [4.69, 9.17) is 0 Å². The van der Waals surface area contributed by atoms with Crippen LogP contribution in [0.5, 0.6) is 0 Å². The van der Waals surface area contributed by atoms with E-state index in [0.29, 0.717) is 30.5 Å². The number of esters is 2. The first-order valence-electron chi connectivity index (χ1n) is 9.02. The molecule has 2 N–H and O–H groups in total. The van der Waals surface area contributed by atoms with Crippen molar-refractivity contribution >= 4 is 35.2 Å². The number of allylic oxidation sites excluding steroid dienone is 1. The monoisotopic (exact) mass is 400 g/mol. The zero-order valence-electron chi connectivity index (χ0n) is 16.0. The highest BCUT2D eigenvalue weighted by atomic mass is 16.5. The Labute approximate surface area is 166 Å². The van der Waals surface area contributed by atoms with Crippen molar-refractivity contribution in [2.45, 2.75) is 25.7 Å². The number of hydrogen-bond acceptors (Lipinski definition) is 7. The van der Waals surface area contributed by atoms with E-state index in [1.807, 2.05) is 0 Å². The van der Waals surface area contributed by atoms with Gasteiger partial charge in [0.1, 0.15) is 0 Å². The van der Waals surface area contributed by atoms with Gasteiger partial charge in [0, 0.05) is 29.8 Å². The fraction of sp³-hybridized carbons (Fsp3) is 0.350. The predicted molar refractivity (Wildman–Crippen MR) is 99.9 cm³/mol. The molecule has 9 heteroatoms. The fourth-order valence-electron chi connectivity index (χ4n) is 3.53. The Morgan fingerprint density at radius 1 is 1.00 bits per heavy atom. The van der Waals surface area contributed by atoms with Gasteiger partial charge in [-0.1, -0.05) is 0 Å². The van der Waals surface area contributed by atoms with Crippen LogP contribution in [0.3, 0.4) is 0 Å². The number of anilines is 1. The van der Waals surface area contributed by atoms with Gasteiger partial charge in [-0.05, 0) is 31.0 Å². The summed E-state index contributed by atoms with van der Waals surface area (Å²) in [6.07, 6.45) is 1.32. The first-order chi connectivity index (χ1) is 13.8. The van der Waals surface area contributed by atoms with Crippen LogP contribution in [0.2, 0.25) is 0 Å². The lowest BCUT2D eigenvalue weighted by Crippen LogP contribution is -2.41.